The highest BCUT2D eigenvalue weighted by molar-refractivity contribution is 4.74. The van der Waals surface area contributed by atoms with E-state index < -0.39 is 0 Å². The lowest BCUT2D eigenvalue weighted by molar-refractivity contribution is 0.0250. The van der Waals surface area contributed by atoms with Gasteiger partial charge in [-0.3, -0.25) is 0 Å². The maximum Gasteiger partial charge on any atom is 0.0620 e. The fourth-order valence-electron chi connectivity index (χ4n) is 1.49. The van der Waals surface area contributed by atoms with E-state index >= 15 is 0 Å². The van der Waals surface area contributed by atoms with Crippen LogP contribution >= 0.6 is 0 Å². The van der Waals surface area contributed by atoms with Crippen LogP contribution in [0.3, 0.4) is 0 Å². The van der Waals surface area contributed by atoms with Crippen molar-refractivity contribution in [2.75, 3.05) is 26.4 Å². The van der Waals surface area contributed by atoms with Crippen molar-refractivity contribution in [3.05, 3.63) is 0 Å². The van der Waals surface area contributed by atoms with Gasteiger partial charge < -0.3 is 15.2 Å². The Hall–Kier alpha value is -0.120. The van der Waals surface area contributed by atoms with Crippen molar-refractivity contribution in [2.24, 2.45) is 11.7 Å². The molecule has 0 saturated carbocycles. The van der Waals surface area contributed by atoms with E-state index in [2.05, 4.69) is 0 Å². The number of nitrogens with two attached hydrogens (primary N) is 1. The van der Waals surface area contributed by atoms with E-state index in [9.17, 15) is 0 Å². The Kier molecular flexibility index (Phi) is 4.58. The van der Waals surface area contributed by atoms with Crippen molar-refractivity contribution in [1.29, 1.82) is 0 Å². The Morgan fingerprint density at radius 2 is 2.50 bits per heavy atom. The predicted molar refractivity (Wildman–Crippen MR) is 48.0 cm³/mol. The molecule has 0 amide bonds. The lowest BCUT2D eigenvalue weighted by Gasteiger charge is -2.27. The fourth-order valence-corrected chi connectivity index (χ4v) is 1.49. The first-order valence-electron chi connectivity index (χ1n) is 4.75. The van der Waals surface area contributed by atoms with E-state index in [0.29, 0.717) is 12.5 Å². The topological polar surface area (TPSA) is 44.5 Å². The molecule has 2 N–H and O–H groups in total. The molecule has 1 heterocycles. The minimum Gasteiger partial charge on any atom is -0.381 e. The summed E-state index contributed by atoms with van der Waals surface area (Å²) >= 11 is 0. The van der Waals surface area contributed by atoms with Crippen molar-refractivity contribution in [3.63, 3.8) is 0 Å². The van der Waals surface area contributed by atoms with Crippen molar-refractivity contribution in [3.8, 4) is 0 Å². The molecular formula is C9H19NO2. The van der Waals surface area contributed by atoms with Crippen LogP contribution in [-0.4, -0.2) is 32.5 Å². The molecule has 0 aromatic heterocycles. The molecule has 3 nitrogen and oxygen atoms in total. The molecule has 0 aliphatic carbocycles. The van der Waals surface area contributed by atoms with E-state index in [1.54, 1.807) is 0 Å². The first-order chi connectivity index (χ1) is 5.84. The summed E-state index contributed by atoms with van der Waals surface area (Å²) in [7, 11) is 0. The van der Waals surface area contributed by atoms with Crippen LogP contribution in [0.2, 0.25) is 0 Å². The van der Waals surface area contributed by atoms with Crippen LogP contribution in [-0.2, 0) is 9.47 Å². The van der Waals surface area contributed by atoms with Crippen LogP contribution in [0.4, 0.5) is 0 Å². The van der Waals surface area contributed by atoms with Crippen LogP contribution in [0, 0.1) is 5.92 Å². The average Bonchev–Trinajstić information content (AvgIpc) is 2.15. The van der Waals surface area contributed by atoms with E-state index in [1.807, 2.05) is 6.92 Å². The summed E-state index contributed by atoms with van der Waals surface area (Å²) in [5, 5.41) is 0. The van der Waals surface area contributed by atoms with Crippen LogP contribution in [0.25, 0.3) is 0 Å². The molecule has 1 fully saturated rings. The third-order valence-electron chi connectivity index (χ3n) is 2.32. The normalized spacial score (nSPS) is 27.0. The molecule has 3 heteroatoms. The Morgan fingerprint density at radius 3 is 3.08 bits per heavy atom. The van der Waals surface area contributed by atoms with Gasteiger partial charge in [-0.15, -0.1) is 0 Å². The van der Waals surface area contributed by atoms with Gasteiger partial charge in [0.15, 0.2) is 0 Å². The van der Waals surface area contributed by atoms with Gasteiger partial charge in [0, 0.05) is 19.3 Å². The largest absolute Gasteiger partial charge is 0.381 e. The molecule has 0 aromatic rings. The minimum absolute atomic E-state index is 0.158. The van der Waals surface area contributed by atoms with E-state index in [-0.39, 0.29) is 6.04 Å². The second-order valence-electron chi connectivity index (χ2n) is 3.30. The number of rotatable bonds is 4. The zero-order chi connectivity index (χ0) is 8.81. The molecule has 1 rings (SSSR count). The van der Waals surface area contributed by atoms with Gasteiger partial charge in [0.05, 0.1) is 13.2 Å². The zero-order valence-corrected chi connectivity index (χ0v) is 7.79. The van der Waals surface area contributed by atoms with Gasteiger partial charge in [-0.25, -0.2) is 0 Å². The van der Waals surface area contributed by atoms with Gasteiger partial charge in [0.25, 0.3) is 0 Å². The van der Waals surface area contributed by atoms with Gasteiger partial charge in [0.2, 0.25) is 0 Å². The molecule has 0 bridgehead atoms. The quantitative estimate of drug-likeness (QED) is 0.683. The first-order valence-corrected chi connectivity index (χ1v) is 4.75. The van der Waals surface area contributed by atoms with Crippen LogP contribution in [0.1, 0.15) is 19.8 Å². The molecule has 2 atom stereocenters. The van der Waals surface area contributed by atoms with Crippen molar-refractivity contribution >= 4 is 0 Å². The van der Waals surface area contributed by atoms with Crippen LogP contribution in [0.15, 0.2) is 0 Å². The maximum absolute atomic E-state index is 5.93. The fraction of sp³-hybridized carbons (Fsp3) is 1.00. The standard InChI is InChI=1S/C9H19NO2/c1-2-11-7-9(10)8-4-3-5-12-6-8/h8-9H,2-7,10H2,1H3. The summed E-state index contributed by atoms with van der Waals surface area (Å²) in [5.41, 5.74) is 5.93. The number of ether oxygens (including phenoxy) is 2. The molecule has 0 spiro atoms. The Morgan fingerprint density at radius 1 is 1.67 bits per heavy atom. The van der Waals surface area contributed by atoms with Gasteiger partial charge in [-0.2, -0.15) is 0 Å². The van der Waals surface area contributed by atoms with Gasteiger partial charge in [-0.1, -0.05) is 0 Å². The van der Waals surface area contributed by atoms with Crippen LogP contribution in [0.5, 0.6) is 0 Å². The molecular weight excluding hydrogens is 154 g/mol. The highest BCUT2D eigenvalue weighted by Gasteiger charge is 2.20. The second kappa shape index (κ2) is 5.51. The average molecular weight is 173 g/mol. The molecule has 12 heavy (non-hydrogen) atoms. The molecule has 72 valence electrons. The van der Waals surface area contributed by atoms with E-state index in [4.69, 9.17) is 15.2 Å². The summed E-state index contributed by atoms with van der Waals surface area (Å²) in [6.45, 7) is 5.13. The smallest absolute Gasteiger partial charge is 0.0620 e. The van der Waals surface area contributed by atoms with Crippen LogP contribution < -0.4 is 5.73 Å². The monoisotopic (exact) mass is 173 g/mol. The van der Waals surface area contributed by atoms with Gasteiger partial charge in [-0.05, 0) is 25.7 Å². The molecule has 0 aromatic carbocycles. The highest BCUT2D eigenvalue weighted by Crippen LogP contribution is 2.16. The van der Waals surface area contributed by atoms with Crippen molar-refractivity contribution in [2.45, 2.75) is 25.8 Å². The zero-order valence-electron chi connectivity index (χ0n) is 7.79. The summed E-state index contributed by atoms with van der Waals surface area (Å²) in [4.78, 5) is 0. The van der Waals surface area contributed by atoms with Gasteiger partial charge in [0.1, 0.15) is 0 Å². The summed E-state index contributed by atoms with van der Waals surface area (Å²) in [5.74, 6) is 0.505. The first kappa shape index (κ1) is 9.96. The molecule has 1 aliphatic rings. The lowest BCUT2D eigenvalue weighted by atomic mass is 9.95. The molecule has 1 aliphatic heterocycles. The Bertz CT molecular complexity index is 113. The molecule has 0 radical (unpaired) electrons. The second-order valence-corrected chi connectivity index (χ2v) is 3.30. The number of hydrogen-bond donors (Lipinski definition) is 1. The van der Waals surface area contributed by atoms with E-state index in [1.165, 1.54) is 6.42 Å². The maximum atomic E-state index is 5.93. The SMILES string of the molecule is CCOCC(N)C1CCCOC1. The summed E-state index contributed by atoms with van der Waals surface area (Å²) in [6.07, 6.45) is 2.33. The summed E-state index contributed by atoms with van der Waals surface area (Å²) in [6, 6.07) is 0.158. The highest BCUT2D eigenvalue weighted by atomic mass is 16.5. The third-order valence-corrected chi connectivity index (χ3v) is 2.32. The Labute approximate surface area is 74.2 Å². The molecule has 1 saturated heterocycles. The van der Waals surface area contributed by atoms with Crippen molar-refractivity contribution < 1.29 is 9.47 Å². The van der Waals surface area contributed by atoms with Crippen molar-refractivity contribution in [1.82, 2.24) is 0 Å². The third kappa shape index (κ3) is 3.09. The molecule has 2 unspecified atom stereocenters. The lowest BCUT2D eigenvalue weighted by Crippen LogP contribution is -2.39. The van der Waals surface area contributed by atoms with Gasteiger partial charge >= 0.3 is 0 Å². The van der Waals surface area contributed by atoms with E-state index in [0.717, 1.165) is 26.2 Å². The summed E-state index contributed by atoms with van der Waals surface area (Å²) < 4.78 is 10.6. The Balaban J connectivity index is 2.15. The minimum atomic E-state index is 0.158. The predicted octanol–water partition coefficient (Wildman–Crippen LogP) is 0.777. The number of hydrogen-bond acceptors (Lipinski definition) is 3.